The minimum Gasteiger partial charge on any atom is -0.496 e. The molecule has 0 bridgehead atoms. The van der Waals surface area contributed by atoms with Crippen molar-refractivity contribution >= 4 is 5.69 Å². The van der Waals surface area contributed by atoms with Crippen molar-refractivity contribution in [1.29, 1.82) is 0 Å². The maximum Gasteiger partial charge on any atom is 0.124 e. The van der Waals surface area contributed by atoms with E-state index in [4.69, 9.17) is 9.47 Å². The molecular weight excluding hydrogens is 340 g/mol. The molecule has 5 heteroatoms. The minimum atomic E-state index is -0.00669. The second-order valence-electron chi connectivity index (χ2n) is 7.35. The largest absolute Gasteiger partial charge is 0.496 e. The Hall–Kier alpha value is -2.08. The quantitative estimate of drug-likeness (QED) is 0.849. The highest BCUT2D eigenvalue weighted by Gasteiger charge is 2.30. The molecule has 0 unspecified atom stereocenters. The van der Waals surface area contributed by atoms with Crippen LogP contribution in [0.15, 0.2) is 42.5 Å². The number of aliphatic hydroxyl groups excluding tert-OH is 1. The van der Waals surface area contributed by atoms with Gasteiger partial charge in [-0.3, -0.25) is 4.90 Å². The lowest BCUT2D eigenvalue weighted by atomic mass is 10.0. The molecule has 0 spiro atoms. The van der Waals surface area contributed by atoms with Crippen molar-refractivity contribution in [3.8, 4) is 5.75 Å². The molecule has 2 aromatic rings. The van der Waals surface area contributed by atoms with Gasteiger partial charge in [-0.05, 0) is 29.3 Å². The minimum absolute atomic E-state index is 0.00669. The molecule has 1 fully saturated rings. The van der Waals surface area contributed by atoms with Gasteiger partial charge < -0.3 is 19.5 Å². The Morgan fingerprint density at radius 3 is 2.74 bits per heavy atom. The third-order valence-corrected chi connectivity index (χ3v) is 5.63. The monoisotopic (exact) mass is 368 g/mol. The maximum absolute atomic E-state index is 9.61. The van der Waals surface area contributed by atoms with E-state index in [1.807, 2.05) is 6.07 Å². The molecule has 1 atom stereocenters. The number of ether oxygens (including phenoxy) is 2. The lowest BCUT2D eigenvalue weighted by Crippen LogP contribution is -2.39. The van der Waals surface area contributed by atoms with Crippen LogP contribution in [0.4, 0.5) is 5.69 Å². The molecule has 1 N–H and O–H groups in total. The van der Waals surface area contributed by atoms with Crippen LogP contribution in [0.1, 0.15) is 22.6 Å². The number of para-hydroxylation sites is 1. The van der Waals surface area contributed by atoms with Gasteiger partial charge in [0.25, 0.3) is 0 Å². The Kier molecular flexibility index (Phi) is 5.62. The lowest BCUT2D eigenvalue weighted by Gasteiger charge is -2.29. The molecule has 2 aromatic carbocycles. The van der Waals surface area contributed by atoms with Crippen molar-refractivity contribution in [3.63, 3.8) is 0 Å². The number of nitrogens with zero attached hydrogens (tertiary/aromatic N) is 2. The zero-order chi connectivity index (χ0) is 18.6. The smallest absolute Gasteiger partial charge is 0.124 e. The lowest BCUT2D eigenvalue weighted by molar-refractivity contribution is 0.0356. The van der Waals surface area contributed by atoms with Crippen molar-refractivity contribution in [3.05, 3.63) is 59.2 Å². The van der Waals surface area contributed by atoms with E-state index in [1.54, 1.807) is 7.11 Å². The zero-order valence-corrected chi connectivity index (χ0v) is 15.9. The average molecular weight is 368 g/mol. The summed E-state index contributed by atoms with van der Waals surface area (Å²) >= 11 is 0. The van der Waals surface area contributed by atoms with Crippen LogP contribution >= 0.6 is 0 Å². The first-order chi connectivity index (χ1) is 13.3. The third-order valence-electron chi connectivity index (χ3n) is 5.63. The van der Waals surface area contributed by atoms with Crippen LogP contribution in [0, 0.1) is 0 Å². The van der Waals surface area contributed by atoms with E-state index in [0.717, 1.165) is 57.3 Å². The van der Waals surface area contributed by atoms with Crippen LogP contribution in [0.2, 0.25) is 0 Å². The van der Waals surface area contributed by atoms with Gasteiger partial charge in [0, 0.05) is 49.9 Å². The highest BCUT2D eigenvalue weighted by atomic mass is 16.5. The predicted molar refractivity (Wildman–Crippen MR) is 106 cm³/mol. The maximum atomic E-state index is 9.61. The fraction of sp³-hybridized carbons (Fsp3) is 0.455. The Morgan fingerprint density at radius 2 is 1.96 bits per heavy atom. The molecule has 0 amide bonds. The van der Waals surface area contributed by atoms with E-state index in [0.29, 0.717) is 5.92 Å². The summed E-state index contributed by atoms with van der Waals surface area (Å²) in [5.74, 6) is 1.27. The first kappa shape index (κ1) is 18.3. The number of fused-ring (bicyclic) bond motifs is 1. The van der Waals surface area contributed by atoms with Gasteiger partial charge in [-0.15, -0.1) is 0 Å². The summed E-state index contributed by atoms with van der Waals surface area (Å²) in [5, 5.41) is 9.61. The molecule has 4 rings (SSSR count). The molecule has 0 saturated carbocycles. The van der Waals surface area contributed by atoms with Crippen LogP contribution in [0.25, 0.3) is 0 Å². The SMILES string of the molecule is COc1ccc(CN2C[C@@H](CN3CCOCC3)c3ccccc32)cc1CO. The number of aliphatic hydroxyl groups is 1. The summed E-state index contributed by atoms with van der Waals surface area (Å²) < 4.78 is 10.8. The number of rotatable bonds is 6. The number of benzene rings is 2. The van der Waals surface area contributed by atoms with Crippen molar-refractivity contribution < 1.29 is 14.6 Å². The van der Waals surface area contributed by atoms with Gasteiger partial charge in [-0.1, -0.05) is 24.3 Å². The summed E-state index contributed by atoms with van der Waals surface area (Å²) in [5.41, 5.74) is 4.81. The summed E-state index contributed by atoms with van der Waals surface area (Å²) in [7, 11) is 1.64. The fourth-order valence-electron chi connectivity index (χ4n) is 4.26. The van der Waals surface area contributed by atoms with Crippen molar-refractivity contribution in [2.24, 2.45) is 0 Å². The van der Waals surface area contributed by atoms with Crippen LogP contribution in [-0.2, 0) is 17.9 Å². The number of hydrogen-bond acceptors (Lipinski definition) is 5. The number of methoxy groups -OCH3 is 1. The standard InChI is InChI=1S/C22H28N2O3/c1-26-22-7-6-17(12-18(22)16-25)13-24-15-19(14-23-8-10-27-11-9-23)20-4-2-3-5-21(20)24/h2-7,12,19,25H,8-11,13-16H2,1H3/t19-/m1/s1. The molecule has 2 aliphatic heterocycles. The third kappa shape index (κ3) is 3.95. The Balaban J connectivity index is 1.52. The summed E-state index contributed by atoms with van der Waals surface area (Å²) in [6, 6.07) is 14.9. The van der Waals surface area contributed by atoms with Crippen LogP contribution in [-0.4, -0.2) is 56.5 Å². The molecule has 0 radical (unpaired) electrons. The first-order valence-electron chi connectivity index (χ1n) is 9.69. The van der Waals surface area contributed by atoms with Crippen molar-refractivity contribution in [2.75, 3.05) is 51.4 Å². The normalized spacial score (nSPS) is 19.9. The van der Waals surface area contributed by atoms with Gasteiger partial charge in [0.2, 0.25) is 0 Å². The average Bonchev–Trinajstić information content (AvgIpc) is 3.06. The molecule has 0 aromatic heterocycles. The van der Waals surface area contributed by atoms with Gasteiger partial charge in [0.15, 0.2) is 0 Å². The number of morpholine rings is 1. The van der Waals surface area contributed by atoms with E-state index < -0.39 is 0 Å². The second-order valence-corrected chi connectivity index (χ2v) is 7.35. The highest BCUT2D eigenvalue weighted by Crippen LogP contribution is 2.37. The van der Waals surface area contributed by atoms with Gasteiger partial charge in [0.05, 0.1) is 26.9 Å². The summed E-state index contributed by atoms with van der Waals surface area (Å²) in [4.78, 5) is 4.98. The number of hydrogen-bond donors (Lipinski definition) is 1. The Bertz CT molecular complexity index is 774. The second kappa shape index (κ2) is 8.30. The van der Waals surface area contributed by atoms with Gasteiger partial charge in [-0.2, -0.15) is 0 Å². The number of anilines is 1. The fourth-order valence-corrected chi connectivity index (χ4v) is 4.26. The Labute approximate surface area is 161 Å². The molecular formula is C22H28N2O3. The van der Waals surface area contributed by atoms with Crippen LogP contribution in [0.3, 0.4) is 0 Å². The zero-order valence-electron chi connectivity index (χ0n) is 15.9. The van der Waals surface area contributed by atoms with Gasteiger partial charge in [0.1, 0.15) is 5.75 Å². The molecule has 2 heterocycles. The van der Waals surface area contributed by atoms with E-state index in [9.17, 15) is 5.11 Å². The molecule has 2 aliphatic rings. The molecule has 144 valence electrons. The van der Waals surface area contributed by atoms with E-state index in [-0.39, 0.29) is 6.61 Å². The van der Waals surface area contributed by atoms with Crippen molar-refractivity contribution in [2.45, 2.75) is 19.1 Å². The topological polar surface area (TPSA) is 45.2 Å². The van der Waals surface area contributed by atoms with Gasteiger partial charge >= 0.3 is 0 Å². The van der Waals surface area contributed by atoms with E-state index >= 15 is 0 Å². The van der Waals surface area contributed by atoms with Crippen LogP contribution < -0.4 is 9.64 Å². The summed E-state index contributed by atoms with van der Waals surface area (Å²) in [6.45, 7) is 6.68. The molecule has 5 nitrogen and oxygen atoms in total. The van der Waals surface area contributed by atoms with Gasteiger partial charge in [-0.25, -0.2) is 0 Å². The van der Waals surface area contributed by atoms with Crippen LogP contribution in [0.5, 0.6) is 5.75 Å². The first-order valence-corrected chi connectivity index (χ1v) is 9.69. The Morgan fingerprint density at radius 1 is 1.15 bits per heavy atom. The van der Waals surface area contributed by atoms with E-state index in [1.165, 1.54) is 16.8 Å². The molecule has 0 aliphatic carbocycles. The molecule has 1 saturated heterocycles. The summed E-state index contributed by atoms with van der Waals surface area (Å²) in [6.07, 6.45) is 0. The highest BCUT2D eigenvalue weighted by molar-refractivity contribution is 5.60. The van der Waals surface area contributed by atoms with E-state index in [2.05, 4.69) is 46.2 Å². The predicted octanol–water partition coefficient (Wildman–Crippen LogP) is 2.62. The molecule has 27 heavy (non-hydrogen) atoms. The van der Waals surface area contributed by atoms with Crippen molar-refractivity contribution in [1.82, 2.24) is 4.90 Å².